The first kappa shape index (κ1) is 18.4. The maximum absolute atomic E-state index is 11.6. The van der Waals surface area contributed by atoms with Gasteiger partial charge >= 0.3 is 5.97 Å². The average Bonchev–Trinajstić information content (AvgIpc) is 3.11. The van der Waals surface area contributed by atoms with Crippen molar-refractivity contribution in [2.45, 2.75) is 26.7 Å². The lowest BCUT2D eigenvalue weighted by molar-refractivity contribution is -0.384. The van der Waals surface area contributed by atoms with Crippen LogP contribution in [0.5, 0.6) is 0 Å². The second-order valence-electron chi connectivity index (χ2n) is 5.36. The Kier molecular flexibility index (Phi) is 8.13. The predicted molar refractivity (Wildman–Crippen MR) is 88.2 cm³/mol. The van der Waals surface area contributed by atoms with Crippen molar-refractivity contribution in [3.05, 3.63) is 64.5 Å². The van der Waals surface area contributed by atoms with Gasteiger partial charge in [-0.1, -0.05) is 13.8 Å². The summed E-state index contributed by atoms with van der Waals surface area (Å²) in [5, 5.41) is 10.4. The fourth-order valence-corrected chi connectivity index (χ4v) is 1.74. The second-order valence-corrected chi connectivity index (χ2v) is 5.36. The summed E-state index contributed by atoms with van der Waals surface area (Å²) in [5.74, 6) is 0.150. The van der Waals surface area contributed by atoms with Gasteiger partial charge in [-0.3, -0.25) is 10.1 Å². The van der Waals surface area contributed by atoms with E-state index in [0.29, 0.717) is 18.1 Å². The molecule has 0 saturated heterocycles. The van der Waals surface area contributed by atoms with Gasteiger partial charge in [0.15, 0.2) is 0 Å². The van der Waals surface area contributed by atoms with E-state index in [2.05, 4.69) is 18.8 Å². The van der Waals surface area contributed by atoms with Gasteiger partial charge in [0.25, 0.3) is 5.69 Å². The molecule has 23 heavy (non-hydrogen) atoms. The number of H-pyrrole nitrogens is 1. The SMILES string of the molecule is CC(C)CCCOC(=O)c1ccc([N+](=O)[O-])cc1.c1cc[nH]c1. The molecule has 124 valence electrons. The standard InChI is InChI=1S/C13H17NO4.C4H5N/c1-10(2)4-3-9-18-13(15)11-5-7-12(8-6-11)14(16)17;1-2-4-5-3-1/h5-8,10H,3-4,9H2,1-2H3;1-5H. The van der Waals surface area contributed by atoms with Crippen molar-refractivity contribution in [3.63, 3.8) is 0 Å². The number of esters is 1. The van der Waals surface area contributed by atoms with Gasteiger partial charge in [-0.2, -0.15) is 0 Å². The molecule has 6 nitrogen and oxygen atoms in total. The lowest BCUT2D eigenvalue weighted by atomic mass is 10.1. The van der Waals surface area contributed by atoms with E-state index in [9.17, 15) is 14.9 Å². The van der Waals surface area contributed by atoms with Crippen molar-refractivity contribution in [1.82, 2.24) is 4.98 Å². The van der Waals surface area contributed by atoms with E-state index in [1.165, 1.54) is 24.3 Å². The Balaban J connectivity index is 0.000000446. The molecule has 0 unspecified atom stereocenters. The van der Waals surface area contributed by atoms with Crippen LogP contribution in [0.3, 0.4) is 0 Å². The number of non-ortho nitro benzene ring substituents is 1. The molecule has 1 heterocycles. The summed E-state index contributed by atoms with van der Waals surface area (Å²) >= 11 is 0. The largest absolute Gasteiger partial charge is 0.462 e. The molecular weight excluding hydrogens is 296 g/mol. The first-order valence-corrected chi connectivity index (χ1v) is 7.50. The van der Waals surface area contributed by atoms with Gasteiger partial charge < -0.3 is 9.72 Å². The van der Waals surface area contributed by atoms with E-state index in [1.54, 1.807) is 0 Å². The van der Waals surface area contributed by atoms with Crippen LogP contribution >= 0.6 is 0 Å². The highest BCUT2D eigenvalue weighted by Crippen LogP contribution is 2.13. The van der Waals surface area contributed by atoms with Crippen LogP contribution in [0.2, 0.25) is 0 Å². The predicted octanol–water partition coefficient (Wildman–Crippen LogP) is 4.20. The summed E-state index contributed by atoms with van der Waals surface area (Å²) in [6, 6.07) is 9.29. The Morgan fingerprint density at radius 3 is 2.26 bits per heavy atom. The number of nitro groups is 1. The number of hydrogen-bond acceptors (Lipinski definition) is 4. The number of ether oxygens (including phenoxy) is 1. The third kappa shape index (κ3) is 7.80. The van der Waals surface area contributed by atoms with Crippen molar-refractivity contribution in [3.8, 4) is 0 Å². The Labute approximate surface area is 135 Å². The van der Waals surface area contributed by atoms with Gasteiger partial charge in [0.05, 0.1) is 17.1 Å². The van der Waals surface area contributed by atoms with Gasteiger partial charge in [0, 0.05) is 24.5 Å². The zero-order chi connectivity index (χ0) is 17.1. The van der Waals surface area contributed by atoms with Crippen molar-refractivity contribution in [1.29, 1.82) is 0 Å². The number of carbonyl (C=O) groups excluding carboxylic acids is 1. The highest BCUT2D eigenvalue weighted by molar-refractivity contribution is 5.89. The molecule has 0 saturated carbocycles. The molecule has 0 bridgehead atoms. The Hall–Kier alpha value is -2.63. The van der Waals surface area contributed by atoms with Gasteiger partial charge in [-0.15, -0.1) is 0 Å². The maximum atomic E-state index is 11.6. The van der Waals surface area contributed by atoms with Crippen LogP contribution in [-0.4, -0.2) is 22.5 Å². The van der Waals surface area contributed by atoms with Crippen LogP contribution in [0.1, 0.15) is 37.0 Å². The van der Waals surface area contributed by atoms with Crippen LogP contribution in [0.4, 0.5) is 5.69 Å². The molecule has 0 spiro atoms. The van der Waals surface area contributed by atoms with Gasteiger partial charge in [-0.05, 0) is 43.0 Å². The molecular formula is C17H22N2O4. The molecule has 1 aromatic heterocycles. The minimum atomic E-state index is -0.502. The molecule has 0 aliphatic rings. The molecule has 0 aliphatic heterocycles. The fourth-order valence-electron chi connectivity index (χ4n) is 1.74. The van der Waals surface area contributed by atoms with E-state index in [0.717, 1.165) is 12.8 Å². The minimum Gasteiger partial charge on any atom is -0.462 e. The summed E-state index contributed by atoms with van der Waals surface area (Å²) < 4.78 is 5.07. The second kappa shape index (κ2) is 10.2. The lowest BCUT2D eigenvalue weighted by Crippen LogP contribution is -2.07. The zero-order valence-electron chi connectivity index (χ0n) is 13.4. The van der Waals surface area contributed by atoms with E-state index in [4.69, 9.17) is 4.74 Å². The van der Waals surface area contributed by atoms with E-state index >= 15 is 0 Å². The Morgan fingerprint density at radius 1 is 1.22 bits per heavy atom. The molecule has 0 radical (unpaired) electrons. The number of hydrogen-bond donors (Lipinski definition) is 1. The van der Waals surface area contributed by atoms with Crippen molar-refractivity contribution >= 4 is 11.7 Å². The lowest BCUT2D eigenvalue weighted by Gasteiger charge is -2.06. The first-order valence-electron chi connectivity index (χ1n) is 7.50. The molecule has 0 amide bonds. The minimum absolute atomic E-state index is 0.0358. The number of rotatable bonds is 6. The zero-order valence-corrected chi connectivity index (χ0v) is 13.4. The quantitative estimate of drug-likeness (QED) is 0.374. The number of nitrogens with zero attached hydrogens (tertiary/aromatic N) is 1. The van der Waals surface area contributed by atoms with Gasteiger partial charge in [-0.25, -0.2) is 4.79 Å². The average molecular weight is 318 g/mol. The molecule has 0 atom stereocenters. The number of carbonyl (C=O) groups is 1. The smallest absolute Gasteiger partial charge is 0.338 e. The normalized spacial score (nSPS) is 9.87. The molecule has 0 aliphatic carbocycles. The molecule has 0 fully saturated rings. The highest BCUT2D eigenvalue weighted by Gasteiger charge is 2.10. The van der Waals surface area contributed by atoms with Gasteiger partial charge in [0.1, 0.15) is 0 Å². The number of nitrogens with one attached hydrogen (secondary N) is 1. The molecule has 2 aromatic rings. The summed E-state index contributed by atoms with van der Waals surface area (Å²) in [4.78, 5) is 24.4. The molecule has 6 heteroatoms. The van der Waals surface area contributed by atoms with Crippen LogP contribution < -0.4 is 0 Å². The fraction of sp³-hybridized carbons (Fsp3) is 0.353. The van der Waals surface area contributed by atoms with Crippen LogP contribution in [0.25, 0.3) is 0 Å². The van der Waals surface area contributed by atoms with E-state index in [1.807, 2.05) is 24.5 Å². The molecule has 1 N–H and O–H groups in total. The van der Waals surface area contributed by atoms with Crippen molar-refractivity contribution < 1.29 is 14.5 Å². The van der Waals surface area contributed by atoms with E-state index < -0.39 is 10.9 Å². The Morgan fingerprint density at radius 2 is 1.83 bits per heavy atom. The molecule has 1 aromatic carbocycles. The number of aromatic amines is 1. The summed E-state index contributed by atoms with van der Waals surface area (Å²) in [5.41, 5.74) is 0.302. The van der Waals surface area contributed by atoms with Crippen LogP contribution in [-0.2, 0) is 4.74 Å². The van der Waals surface area contributed by atoms with Crippen molar-refractivity contribution in [2.24, 2.45) is 5.92 Å². The van der Waals surface area contributed by atoms with Crippen LogP contribution in [0.15, 0.2) is 48.8 Å². The number of benzene rings is 1. The topological polar surface area (TPSA) is 85.2 Å². The van der Waals surface area contributed by atoms with Crippen molar-refractivity contribution in [2.75, 3.05) is 6.61 Å². The summed E-state index contributed by atoms with van der Waals surface area (Å²) in [6.07, 6.45) is 5.59. The Bertz CT molecular complexity index is 560. The third-order valence-electron chi connectivity index (χ3n) is 2.97. The summed E-state index contributed by atoms with van der Waals surface area (Å²) in [7, 11) is 0. The number of nitro benzene ring substituents is 1. The first-order chi connectivity index (χ1) is 11.0. The van der Waals surface area contributed by atoms with E-state index in [-0.39, 0.29) is 5.69 Å². The molecule has 2 rings (SSSR count). The summed E-state index contributed by atoms with van der Waals surface area (Å²) in [6.45, 7) is 4.60. The highest BCUT2D eigenvalue weighted by atomic mass is 16.6. The van der Waals surface area contributed by atoms with Gasteiger partial charge in [0.2, 0.25) is 0 Å². The monoisotopic (exact) mass is 318 g/mol. The maximum Gasteiger partial charge on any atom is 0.338 e. The third-order valence-corrected chi connectivity index (χ3v) is 2.97. The number of aromatic nitrogens is 1. The van der Waals surface area contributed by atoms with Crippen LogP contribution in [0, 0.1) is 16.0 Å².